The van der Waals surface area contributed by atoms with E-state index in [-0.39, 0.29) is 37.5 Å². The monoisotopic (exact) mass is 1030 g/mol. The largest absolute Gasteiger partial charge is 0.462 e. The van der Waals surface area contributed by atoms with Crippen LogP contribution in [0.2, 0.25) is 0 Å². The molecule has 0 rings (SSSR count). The quantitative estimate of drug-likeness (QED) is 0.0261. The minimum atomic E-state index is -0.803. The van der Waals surface area contributed by atoms with Crippen LogP contribution in [0.5, 0.6) is 0 Å². The summed E-state index contributed by atoms with van der Waals surface area (Å²) in [5, 5.41) is 0. The number of esters is 3. The minimum Gasteiger partial charge on any atom is -0.462 e. The Labute approximate surface area is 460 Å². The highest BCUT2D eigenvalue weighted by Crippen LogP contribution is 2.18. The van der Waals surface area contributed by atoms with Crippen molar-refractivity contribution in [3.05, 3.63) is 60.8 Å². The highest BCUT2D eigenvalue weighted by Gasteiger charge is 2.19. The summed E-state index contributed by atoms with van der Waals surface area (Å²) in [6.45, 7) is 6.51. The zero-order valence-electron chi connectivity index (χ0n) is 49.4. The fourth-order valence-corrected chi connectivity index (χ4v) is 9.45. The normalized spacial score (nSPS) is 12.4. The van der Waals surface area contributed by atoms with Crippen LogP contribution in [0.3, 0.4) is 0 Å². The number of hydrogen-bond acceptors (Lipinski definition) is 6. The molecule has 0 aromatic heterocycles. The van der Waals surface area contributed by atoms with Crippen LogP contribution in [0.15, 0.2) is 60.8 Å². The predicted octanol–water partition coefficient (Wildman–Crippen LogP) is 21.9. The first-order chi connectivity index (χ1) is 36.5. The lowest BCUT2D eigenvalue weighted by Crippen LogP contribution is -2.30. The molecule has 1 unspecified atom stereocenters. The summed E-state index contributed by atoms with van der Waals surface area (Å²) in [5.74, 6) is -0.963. The standard InChI is InChI=1S/C68H122O6/c1-4-7-10-13-16-19-22-25-27-29-31-32-33-34-35-37-38-40-43-46-49-52-55-58-61-67(70)73-64-65(63-72-66(69)60-57-54-51-48-45-42-24-21-18-15-12-9-6-3)74-68(71)62-59-56-53-50-47-44-41-39-36-30-28-26-23-20-17-14-11-8-5-2/h9,12,18,21,26,28,42,45,51,54,65H,4-8,10-11,13-17,19-20,22-25,27,29-41,43-44,46-50,52-53,55-64H2,1-3H3/b12-9-,21-18-,28-26-,45-42-,54-51-. The number of allylic oxidation sites excluding steroid dienone is 10. The van der Waals surface area contributed by atoms with Crippen molar-refractivity contribution in [1.82, 2.24) is 0 Å². The van der Waals surface area contributed by atoms with Gasteiger partial charge in [-0.25, -0.2) is 0 Å². The van der Waals surface area contributed by atoms with Gasteiger partial charge in [-0.1, -0.05) is 306 Å². The average molecular weight is 1040 g/mol. The summed E-state index contributed by atoms with van der Waals surface area (Å²) < 4.78 is 16.9. The Morgan fingerprint density at radius 2 is 0.554 bits per heavy atom. The smallest absolute Gasteiger partial charge is 0.306 e. The van der Waals surface area contributed by atoms with Gasteiger partial charge in [0.25, 0.3) is 0 Å². The number of rotatable bonds is 59. The van der Waals surface area contributed by atoms with E-state index in [1.165, 1.54) is 225 Å². The molecule has 0 aliphatic carbocycles. The minimum absolute atomic E-state index is 0.0936. The van der Waals surface area contributed by atoms with Crippen molar-refractivity contribution >= 4 is 17.9 Å². The topological polar surface area (TPSA) is 78.9 Å². The molecule has 0 heterocycles. The molecule has 74 heavy (non-hydrogen) atoms. The van der Waals surface area contributed by atoms with E-state index in [1.54, 1.807) is 0 Å². The second-order valence-corrected chi connectivity index (χ2v) is 21.6. The van der Waals surface area contributed by atoms with Crippen molar-refractivity contribution in [2.75, 3.05) is 13.2 Å². The second-order valence-electron chi connectivity index (χ2n) is 21.6. The Bertz CT molecular complexity index is 1330. The molecule has 0 saturated heterocycles. The lowest BCUT2D eigenvalue weighted by molar-refractivity contribution is -0.166. The molecule has 0 bridgehead atoms. The lowest BCUT2D eigenvalue weighted by Gasteiger charge is -2.18. The first-order valence-corrected chi connectivity index (χ1v) is 32.3. The summed E-state index contributed by atoms with van der Waals surface area (Å²) in [5.41, 5.74) is 0. The van der Waals surface area contributed by atoms with Crippen LogP contribution in [-0.2, 0) is 28.6 Å². The molecule has 0 spiro atoms. The molecule has 0 fully saturated rings. The maximum absolute atomic E-state index is 12.9. The molecule has 0 aromatic carbocycles. The van der Waals surface area contributed by atoms with Crippen LogP contribution in [0.25, 0.3) is 0 Å². The van der Waals surface area contributed by atoms with Crippen LogP contribution in [0.4, 0.5) is 0 Å². The molecule has 430 valence electrons. The highest BCUT2D eigenvalue weighted by molar-refractivity contribution is 5.71. The van der Waals surface area contributed by atoms with Gasteiger partial charge in [0.1, 0.15) is 13.2 Å². The number of carbonyl (C=O) groups excluding carboxylic acids is 3. The Hall–Kier alpha value is -2.89. The first kappa shape index (κ1) is 71.1. The van der Waals surface area contributed by atoms with Crippen LogP contribution in [0.1, 0.15) is 335 Å². The number of hydrogen-bond donors (Lipinski definition) is 0. The van der Waals surface area contributed by atoms with Gasteiger partial charge in [-0.15, -0.1) is 0 Å². The van der Waals surface area contributed by atoms with E-state index in [0.29, 0.717) is 19.3 Å². The van der Waals surface area contributed by atoms with Crippen molar-refractivity contribution in [3.63, 3.8) is 0 Å². The summed E-state index contributed by atoms with van der Waals surface area (Å²) >= 11 is 0. The van der Waals surface area contributed by atoms with E-state index in [1.807, 2.05) is 6.08 Å². The third-order valence-electron chi connectivity index (χ3n) is 14.3. The van der Waals surface area contributed by atoms with Gasteiger partial charge in [0.05, 0.1) is 0 Å². The Kier molecular flexibility index (Phi) is 60.2. The van der Waals surface area contributed by atoms with E-state index in [4.69, 9.17) is 14.2 Å². The van der Waals surface area contributed by atoms with Gasteiger partial charge in [-0.3, -0.25) is 14.4 Å². The molecule has 0 saturated carbocycles. The van der Waals surface area contributed by atoms with Gasteiger partial charge >= 0.3 is 17.9 Å². The molecule has 0 aliphatic heterocycles. The summed E-state index contributed by atoms with van der Waals surface area (Å²) in [7, 11) is 0. The Morgan fingerprint density at radius 3 is 0.905 bits per heavy atom. The maximum atomic E-state index is 12.9. The van der Waals surface area contributed by atoms with Crippen molar-refractivity contribution in [2.45, 2.75) is 341 Å². The Balaban J connectivity index is 4.30. The molecule has 6 nitrogen and oxygen atoms in total. The van der Waals surface area contributed by atoms with Crippen LogP contribution >= 0.6 is 0 Å². The second kappa shape index (κ2) is 62.6. The molecular weight excluding hydrogens is 913 g/mol. The number of ether oxygens (including phenoxy) is 3. The van der Waals surface area contributed by atoms with Gasteiger partial charge in [0, 0.05) is 19.3 Å². The summed E-state index contributed by atoms with van der Waals surface area (Å²) in [6.07, 6.45) is 79.7. The molecule has 0 aromatic rings. The van der Waals surface area contributed by atoms with E-state index in [0.717, 1.165) is 64.2 Å². The highest BCUT2D eigenvalue weighted by atomic mass is 16.6. The fraction of sp³-hybridized carbons (Fsp3) is 0.809. The SMILES string of the molecule is CC/C=C\C/C=C\C/C=C\C/C=C\CCC(=O)OCC(COC(=O)CCCCCCCCCCCCCCCCCCCCCCCCCC)OC(=O)CCCCCCCCCCC/C=C\CCCCCCCC. The molecule has 0 amide bonds. The van der Waals surface area contributed by atoms with Gasteiger partial charge in [0.2, 0.25) is 0 Å². The summed E-state index contributed by atoms with van der Waals surface area (Å²) in [4.78, 5) is 38.2. The van der Waals surface area contributed by atoms with E-state index >= 15 is 0 Å². The summed E-state index contributed by atoms with van der Waals surface area (Å²) in [6, 6.07) is 0. The van der Waals surface area contributed by atoms with Crippen molar-refractivity contribution in [1.29, 1.82) is 0 Å². The number of unbranched alkanes of at least 4 members (excludes halogenated alkanes) is 38. The zero-order valence-corrected chi connectivity index (χ0v) is 49.4. The Morgan fingerprint density at radius 1 is 0.284 bits per heavy atom. The molecule has 0 aliphatic rings. The predicted molar refractivity (Wildman–Crippen MR) is 321 cm³/mol. The molecule has 0 N–H and O–H groups in total. The third kappa shape index (κ3) is 60.0. The molecule has 1 atom stereocenters. The van der Waals surface area contributed by atoms with Gasteiger partial charge < -0.3 is 14.2 Å². The first-order valence-electron chi connectivity index (χ1n) is 32.3. The molecule has 6 heteroatoms. The van der Waals surface area contributed by atoms with E-state index in [2.05, 4.69) is 75.5 Å². The van der Waals surface area contributed by atoms with E-state index < -0.39 is 6.10 Å². The third-order valence-corrected chi connectivity index (χ3v) is 14.3. The fourth-order valence-electron chi connectivity index (χ4n) is 9.45. The zero-order chi connectivity index (χ0) is 53.6. The van der Waals surface area contributed by atoms with Crippen LogP contribution in [0, 0.1) is 0 Å². The van der Waals surface area contributed by atoms with Gasteiger partial charge in [0.15, 0.2) is 6.10 Å². The molecular formula is C68H122O6. The van der Waals surface area contributed by atoms with E-state index in [9.17, 15) is 14.4 Å². The maximum Gasteiger partial charge on any atom is 0.306 e. The van der Waals surface area contributed by atoms with Crippen molar-refractivity contribution in [3.8, 4) is 0 Å². The number of carbonyl (C=O) groups is 3. The van der Waals surface area contributed by atoms with Crippen molar-refractivity contribution in [2.24, 2.45) is 0 Å². The van der Waals surface area contributed by atoms with Crippen molar-refractivity contribution < 1.29 is 28.6 Å². The molecule has 0 radical (unpaired) electrons. The van der Waals surface area contributed by atoms with Crippen LogP contribution < -0.4 is 0 Å². The van der Waals surface area contributed by atoms with Crippen LogP contribution in [-0.4, -0.2) is 37.2 Å². The van der Waals surface area contributed by atoms with Gasteiger partial charge in [-0.2, -0.15) is 0 Å². The lowest BCUT2D eigenvalue weighted by atomic mass is 10.0. The van der Waals surface area contributed by atoms with Gasteiger partial charge in [-0.05, 0) is 70.6 Å². The average Bonchev–Trinajstić information content (AvgIpc) is 3.40.